The molecule has 1 fully saturated rings. The number of amides is 3. The summed E-state index contributed by atoms with van der Waals surface area (Å²) in [6.45, 7) is 3.06. The Morgan fingerprint density at radius 3 is 2.50 bits per heavy atom. The molecule has 1 aliphatic rings. The van der Waals surface area contributed by atoms with Crippen molar-refractivity contribution in [1.82, 2.24) is 9.88 Å². The van der Waals surface area contributed by atoms with Gasteiger partial charge in [0, 0.05) is 13.1 Å². The van der Waals surface area contributed by atoms with Crippen LogP contribution in [-0.2, 0) is 10.0 Å². The third-order valence-electron chi connectivity index (χ3n) is 4.71. The molecule has 1 aromatic heterocycles. The highest BCUT2D eigenvalue weighted by molar-refractivity contribution is 7.92. The topological polar surface area (TPSA) is 120 Å². The Hall–Kier alpha value is -2.92. The minimum Gasteiger partial charge on any atom is -0.324 e. The zero-order valence-electron chi connectivity index (χ0n) is 17.3. The molecule has 172 valence electrons. The Kier molecular flexibility index (Phi) is 7.52. The van der Waals surface area contributed by atoms with Gasteiger partial charge < -0.3 is 10.2 Å². The molecule has 0 unspecified atom stereocenters. The number of halogens is 2. The van der Waals surface area contributed by atoms with Crippen LogP contribution >= 0.6 is 11.6 Å². The van der Waals surface area contributed by atoms with E-state index in [1.165, 1.54) is 24.4 Å². The van der Waals surface area contributed by atoms with Crippen molar-refractivity contribution in [2.24, 2.45) is 0 Å². The Bertz CT molecular complexity index is 1110. The molecule has 9 nitrogen and oxygen atoms in total. The predicted molar refractivity (Wildman–Crippen MR) is 121 cm³/mol. The summed E-state index contributed by atoms with van der Waals surface area (Å²) in [6, 6.07) is 5.13. The molecule has 12 heteroatoms. The second-order valence-electron chi connectivity index (χ2n) is 7.22. The third-order valence-corrected chi connectivity index (χ3v) is 6.50. The molecule has 3 rings (SSSR count). The number of hydrogen-bond acceptors (Lipinski definition) is 5. The molecule has 0 saturated carbocycles. The average Bonchev–Trinajstić information content (AvgIpc) is 3.27. The van der Waals surface area contributed by atoms with Crippen LogP contribution in [0.3, 0.4) is 0 Å². The van der Waals surface area contributed by atoms with Gasteiger partial charge in [0.25, 0.3) is 5.91 Å². The van der Waals surface area contributed by atoms with E-state index >= 15 is 0 Å². The van der Waals surface area contributed by atoms with E-state index in [9.17, 15) is 22.4 Å². The molecule has 0 radical (unpaired) electrons. The third kappa shape index (κ3) is 5.86. The van der Waals surface area contributed by atoms with Gasteiger partial charge in [0.15, 0.2) is 5.82 Å². The number of benzene rings is 1. The van der Waals surface area contributed by atoms with E-state index in [2.05, 4.69) is 20.3 Å². The van der Waals surface area contributed by atoms with Crippen molar-refractivity contribution in [2.75, 3.05) is 34.2 Å². The van der Waals surface area contributed by atoms with Crippen molar-refractivity contribution in [3.8, 4) is 0 Å². The van der Waals surface area contributed by atoms with Gasteiger partial charge in [0.05, 0.1) is 33.9 Å². The molecule has 2 aromatic rings. The van der Waals surface area contributed by atoms with Gasteiger partial charge in [-0.15, -0.1) is 0 Å². The number of carbonyl (C=O) groups is 2. The lowest BCUT2D eigenvalue weighted by molar-refractivity contribution is 0.102. The number of rotatable bonds is 7. The zero-order chi connectivity index (χ0) is 23.3. The SMILES string of the molecule is CCCS(=O)(=O)Nc1ccc(Cl)c(C(=O)Nc2ccc(NC(=O)N3CCCC3)nc2)c1F. The lowest BCUT2D eigenvalue weighted by Crippen LogP contribution is -2.32. The summed E-state index contributed by atoms with van der Waals surface area (Å²) in [5, 5.41) is 4.96. The molecular weight excluding hydrogens is 461 g/mol. The van der Waals surface area contributed by atoms with Crippen LogP contribution in [0.15, 0.2) is 30.5 Å². The highest BCUT2D eigenvalue weighted by atomic mass is 35.5. The van der Waals surface area contributed by atoms with E-state index in [1.807, 2.05) is 0 Å². The monoisotopic (exact) mass is 483 g/mol. The van der Waals surface area contributed by atoms with Crippen LogP contribution in [0.4, 0.5) is 26.4 Å². The summed E-state index contributed by atoms with van der Waals surface area (Å²) in [5.41, 5.74) is -0.637. The number of nitrogens with zero attached hydrogens (tertiary/aromatic N) is 2. The van der Waals surface area contributed by atoms with Gasteiger partial charge in [-0.1, -0.05) is 18.5 Å². The first-order valence-corrected chi connectivity index (χ1v) is 12.0. The van der Waals surface area contributed by atoms with Crippen molar-refractivity contribution in [1.29, 1.82) is 0 Å². The lowest BCUT2D eigenvalue weighted by atomic mass is 10.1. The Morgan fingerprint density at radius 1 is 1.16 bits per heavy atom. The maximum atomic E-state index is 14.9. The highest BCUT2D eigenvalue weighted by Gasteiger charge is 2.22. The molecule has 32 heavy (non-hydrogen) atoms. The van der Waals surface area contributed by atoms with Crippen LogP contribution in [-0.4, -0.2) is 49.1 Å². The van der Waals surface area contributed by atoms with Crippen molar-refractivity contribution in [2.45, 2.75) is 26.2 Å². The van der Waals surface area contributed by atoms with Gasteiger partial charge in [-0.05, 0) is 43.5 Å². The number of carbonyl (C=O) groups excluding carboxylic acids is 2. The summed E-state index contributed by atoms with van der Waals surface area (Å²) in [6.07, 6.45) is 3.58. The van der Waals surface area contributed by atoms with Crippen LogP contribution in [0.25, 0.3) is 0 Å². The van der Waals surface area contributed by atoms with Gasteiger partial charge in [0.2, 0.25) is 10.0 Å². The van der Waals surface area contributed by atoms with Gasteiger partial charge in [-0.2, -0.15) is 0 Å². The first-order valence-electron chi connectivity index (χ1n) is 10.0. The number of likely N-dealkylation sites (tertiary alicyclic amines) is 1. The Balaban J connectivity index is 1.71. The van der Waals surface area contributed by atoms with Crippen molar-refractivity contribution >= 4 is 50.8 Å². The summed E-state index contributed by atoms with van der Waals surface area (Å²) in [5.74, 6) is -1.85. The molecule has 0 spiro atoms. The van der Waals surface area contributed by atoms with Gasteiger partial charge in [-0.25, -0.2) is 22.6 Å². The summed E-state index contributed by atoms with van der Waals surface area (Å²) >= 11 is 5.99. The molecule has 2 heterocycles. The quantitative estimate of drug-likeness (QED) is 0.551. The lowest BCUT2D eigenvalue weighted by Gasteiger charge is -2.16. The summed E-state index contributed by atoms with van der Waals surface area (Å²) in [7, 11) is -3.76. The summed E-state index contributed by atoms with van der Waals surface area (Å²) in [4.78, 5) is 30.5. The molecule has 0 bridgehead atoms. The Morgan fingerprint density at radius 2 is 1.88 bits per heavy atom. The predicted octanol–water partition coefficient (Wildman–Crippen LogP) is 3.91. The van der Waals surface area contributed by atoms with Crippen LogP contribution in [0, 0.1) is 5.82 Å². The highest BCUT2D eigenvalue weighted by Crippen LogP contribution is 2.27. The fraction of sp³-hybridized carbons (Fsp3) is 0.350. The summed E-state index contributed by atoms with van der Waals surface area (Å²) < 4.78 is 40.9. The minimum atomic E-state index is -3.76. The molecule has 0 atom stereocenters. The maximum absolute atomic E-state index is 14.9. The second-order valence-corrected chi connectivity index (χ2v) is 9.46. The van der Waals surface area contributed by atoms with E-state index in [1.54, 1.807) is 11.8 Å². The van der Waals surface area contributed by atoms with E-state index < -0.39 is 27.3 Å². The molecule has 3 N–H and O–H groups in total. The van der Waals surface area contributed by atoms with Crippen LogP contribution in [0.1, 0.15) is 36.5 Å². The molecule has 3 amide bonds. The molecular formula is C20H23ClFN5O4S. The fourth-order valence-corrected chi connectivity index (χ4v) is 4.53. The number of sulfonamides is 1. The van der Waals surface area contributed by atoms with Gasteiger partial charge in [0.1, 0.15) is 5.82 Å². The van der Waals surface area contributed by atoms with E-state index in [0.717, 1.165) is 18.9 Å². The Labute approximate surface area is 190 Å². The van der Waals surface area contributed by atoms with Crippen molar-refractivity contribution in [3.05, 3.63) is 46.9 Å². The van der Waals surface area contributed by atoms with Crippen molar-refractivity contribution < 1.29 is 22.4 Å². The molecule has 1 saturated heterocycles. The fourth-order valence-electron chi connectivity index (χ4n) is 3.17. The van der Waals surface area contributed by atoms with Gasteiger partial charge in [-0.3, -0.25) is 14.8 Å². The number of hydrogen-bond donors (Lipinski definition) is 3. The smallest absolute Gasteiger partial charge is 0.323 e. The number of anilines is 3. The van der Waals surface area contributed by atoms with Crippen LogP contribution in [0.2, 0.25) is 5.02 Å². The standard InChI is InChI=1S/C20H23ClFN5O4S/c1-2-11-32(30,31)26-15-7-6-14(21)17(18(15)22)19(28)24-13-5-8-16(23-12-13)25-20(29)27-9-3-4-10-27/h5-8,12,26H,2-4,9-11H2,1H3,(H,24,28)(H,23,25,29). The van der Waals surface area contributed by atoms with E-state index in [4.69, 9.17) is 11.6 Å². The first kappa shape index (κ1) is 23.7. The molecule has 1 aromatic carbocycles. The number of pyridine rings is 1. The van der Waals surface area contributed by atoms with E-state index in [0.29, 0.717) is 25.3 Å². The van der Waals surface area contributed by atoms with Crippen LogP contribution < -0.4 is 15.4 Å². The zero-order valence-corrected chi connectivity index (χ0v) is 18.9. The number of aromatic nitrogens is 1. The second kappa shape index (κ2) is 10.1. The minimum absolute atomic E-state index is 0.180. The normalized spacial score (nSPS) is 13.7. The van der Waals surface area contributed by atoms with Gasteiger partial charge >= 0.3 is 6.03 Å². The number of urea groups is 1. The first-order chi connectivity index (χ1) is 15.2. The average molecular weight is 484 g/mol. The number of nitrogens with one attached hydrogen (secondary N) is 3. The van der Waals surface area contributed by atoms with Crippen LogP contribution in [0.5, 0.6) is 0 Å². The maximum Gasteiger partial charge on any atom is 0.323 e. The molecule has 1 aliphatic heterocycles. The van der Waals surface area contributed by atoms with Crippen molar-refractivity contribution in [3.63, 3.8) is 0 Å². The molecule has 0 aliphatic carbocycles. The van der Waals surface area contributed by atoms with E-state index in [-0.39, 0.29) is 28.2 Å². The largest absolute Gasteiger partial charge is 0.324 e.